The first kappa shape index (κ1) is 14.6. The van der Waals surface area contributed by atoms with E-state index < -0.39 is 0 Å². The maximum Gasteiger partial charge on any atom is 0.164 e. The monoisotopic (exact) mass is 287 g/mol. The Morgan fingerprint density at radius 2 is 1.71 bits per heavy atom. The highest BCUT2D eigenvalue weighted by Crippen LogP contribution is 2.33. The van der Waals surface area contributed by atoms with Crippen molar-refractivity contribution >= 4 is 12.0 Å². The third kappa shape index (κ3) is 3.62. The van der Waals surface area contributed by atoms with E-state index in [2.05, 4.69) is 15.5 Å². The van der Waals surface area contributed by atoms with Gasteiger partial charge in [-0.25, -0.2) is 4.98 Å². The van der Waals surface area contributed by atoms with Gasteiger partial charge in [0.1, 0.15) is 11.6 Å². The summed E-state index contributed by atoms with van der Waals surface area (Å²) in [5.74, 6) is 2.51. The van der Waals surface area contributed by atoms with Crippen molar-refractivity contribution in [3.05, 3.63) is 42.1 Å². The number of methoxy groups -OCH3 is 3. The van der Waals surface area contributed by atoms with Crippen LogP contribution in [0.4, 0.5) is 5.82 Å². The van der Waals surface area contributed by atoms with Crippen molar-refractivity contribution < 1.29 is 14.2 Å². The Bertz CT molecular complexity index is 615. The molecular weight excluding hydrogens is 270 g/mol. The Balaban J connectivity index is 2.22. The molecule has 1 aromatic heterocycles. The molecule has 0 atom stereocenters. The molecule has 0 saturated carbocycles. The molecule has 0 radical (unpaired) electrons. The second-order valence-electron chi connectivity index (χ2n) is 4.03. The number of aromatic nitrogens is 1. The summed E-state index contributed by atoms with van der Waals surface area (Å²) in [6, 6.07) is 9.08. The molecule has 0 aliphatic heterocycles. The lowest BCUT2D eigenvalue weighted by atomic mass is 10.2. The number of benzene rings is 1. The molecule has 21 heavy (non-hydrogen) atoms. The SMILES string of the molecule is COc1cc(OC)c(OC)cc1/C=N\Nc1ccccn1. The number of hydrazone groups is 1. The molecule has 2 rings (SSSR count). The predicted octanol–water partition coefficient (Wildman–Crippen LogP) is 2.55. The summed E-state index contributed by atoms with van der Waals surface area (Å²) < 4.78 is 15.8. The minimum Gasteiger partial charge on any atom is -0.496 e. The van der Waals surface area contributed by atoms with E-state index in [9.17, 15) is 0 Å². The number of rotatable bonds is 6. The van der Waals surface area contributed by atoms with Crippen LogP contribution in [0, 0.1) is 0 Å². The van der Waals surface area contributed by atoms with Crippen LogP contribution in [-0.2, 0) is 0 Å². The summed E-state index contributed by atoms with van der Waals surface area (Å²) in [5, 5.41) is 4.14. The van der Waals surface area contributed by atoms with E-state index in [4.69, 9.17) is 14.2 Å². The summed E-state index contributed by atoms with van der Waals surface area (Å²) in [5.41, 5.74) is 3.60. The molecule has 0 bridgehead atoms. The van der Waals surface area contributed by atoms with Crippen molar-refractivity contribution in [3.63, 3.8) is 0 Å². The lowest BCUT2D eigenvalue weighted by Gasteiger charge is -2.11. The van der Waals surface area contributed by atoms with E-state index >= 15 is 0 Å². The first-order chi connectivity index (χ1) is 10.3. The molecule has 1 aromatic carbocycles. The van der Waals surface area contributed by atoms with E-state index in [-0.39, 0.29) is 0 Å². The third-order valence-corrected chi connectivity index (χ3v) is 2.78. The maximum absolute atomic E-state index is 5.32. The average Bonchev–Trinajstić information content (AvgIpc) is 2.55. The van der Waals surface area contributed by atoms with Crippen molar-refractivity contribution in [3.8, 4) is 17.2 Å². The minimum atomic E-state index is 0.601. The van der Waals surface area contributed by atoms with Gasteiger partial charge in [-0.15, -0.1) is 0 Å². The molecule has 6 nitrogen and oxygen atoms in total. The van der Waals surface area contributed by atoms with Crippen LogP contribution >= 0.6 is 0 Å². The van der Waals surface area contributed by atoms with Gasteiger partial charge in [-0.3, -0.25) is 5.43 Å². The molecule has 1 heterocycles. The molecule has 2 aromatic rings. The molecule has 0 aliphatic rings. The first-order valence-electron chi connectivity index (χ1n) is 6.28. The molecule has 110 valence electrons. The van der Waals surface area contributed by atoms with Gasteiger partial charge in [-0.2, -0.15) is 5.10 Å². The summed E-state index contributed by atoms with van der Waals surface area (Å²) in [4.78, 5) is 4.11. The molecule has 6 heteroatoms. The Hall–Kier alpha value is -2.76. The fourth-order valence-electron chi connectivity index (χ4n) is 1.75. The number of hydrogen-bond donors (Lipinski definition) is 1. The fourth-order valence-corrected chi connectivity index (χ4v) is 1.75. The number of nitrogens with zero attached hydrogens (tertiary/aromatic N) is 2. The van der Waals surface area contributed by atoms with Crippen molar-refractivity contribution in [1.29, 1.82) is 0 Å². The number of pyridine rings is 1. The smallest absolute Gasteiger partial charge is 0.164 e. The van der Waals surface area contributed by atoms with Gasteiger partial charge < -0.3 is 14.2 Å². The Kier molecular flexibility index (Phi) is 4.98. The quantitative estimate of drug-likeness (QED) is 0.653. The Morgan fingerprint density at radius 3 is 2.33 bits per heavy atom. The van der Waals surface area contributed by atoms with Crippen LogP contribution in [-0.4, -0.2) is 32.5 Å². The molecule has 0 saturated heterocycles. The van der Waals surface area contributed by atoms with Gasteiger partial charge >= 0.3 is 0 Å². The topological polar surface area (TPSA) is 65.0 Å². The largest absolute Gasteiger partial charge is 0.496 e. The zero-order valence-electron chi connectivity index (χ0n) is 12.2. The molecule has 1 N–H and O–H groups in total. The fraction of sp³-hybridized carbons (Fsp3) is 0.200. The third-order valence-electron chi connectivity index (χ3n) is 2.78. The van der Waals surface area contributed by atoms with Gasteiger partial charge in [0.25, 0.3) is 0 Å². The molecule has 0 spiro atoms. The van der Waals surface area contributed by atoms with Gasteiger partial charge in [0.15, 0.2) is 11.5 Å². The summed E-state index contributed by atoms with van der Waals surface area (Å²) >= 11 is 0. The zero-order valence-corrected chi connectivity index (χ0v) is 12.2. The van der Waals surface area contributed by atoms with Crippen molar-refractivity contribution in [2.75, 3.05) is 26.8 Å². The van der Waals surface area contributed by atoms with Crippen LogP contribution in [0.1, 0.15) is 5.56 Å². The van der Waals surface area contributed by atoms with Crippen LogP contribution in [0.25, 0.3) is 0 Å². The van der Waals surface area contributed by atoms with Crippen LogP contribution in [0.2, 0.25) is 0 Å². The number of hydrogen-bond acceptors (Lipinski definition) is 6. The number of nitrogens with one attached hydrogen (secondary N) is 1. The lowest BCUT2D eigenvalue weighted by molar-refractivity contribution is 0.349. The molecule has 0 amide bonds. The van der Waals surface area contributed by atoms with Crippen LogP contribution in [0.15, 0.2) is 41.6 Å². The van der Waals surface area contributed by atoms with Crippen molar-refractivity contribution in [2.24, 2.45) is 5.10 Å². The van der Waals surface area contributed by atoms with Gasteiger partial charge in [0.05, 0.1) is 27.5 Å². The second kappa shape index (κ2) is 7.14. The average molecular weight is 287 g/mol. The lowest BCUT2D eigenvalue weighted by Crippen LogP contribution is -1.98. The minimum absolute atomic E-state index is 0.601. The number of anilines is 1. The molecular formula is C15H17N3O3. The van der Waals surface area contributed by atoms with Crippen LogP contribution in [0.3, 0.4) is 0 Å². The molecule has 0 aliphatic carbocycles. The molecule has 0 fully saturated rings. The van der Waals surface area contributed by atoms with E-state index in [1.807, 2.05) is 18.2 Å². The summed E-state index contributed by atoms with van der Waals surface area (Å²) in [6.45, 7) is 0. The van der Waals surface area contributed by atoms with Gasteiger partial charge in [0, 0.05) is 17.8 Å². The highest BCUT2D eigenvalue weighted by Gasteiger charge is 2.10. The second-order valence-corrected chi connectivity index (χ2v) is 4.03. The van der Waals surface area contributed by atoms with Gasteiger partial charge in [-0.05, 0) is 18.2 Å². The standard InChI is InChI=1S/C15H17N3O3/c1-19-12-9-14(21-3)13(20-2)8-11(12)10-17-18-15-6-4-5-7-16-15/h4-10H,1-3H3,(H,16,18)/b17-10-. The normalized spacial score (nSPS) is 10.4. The van der Waals surface area contributed by atoms with Crippen molar-refractivity contribution in [1.82, 2.24) is 4.98 Å². The maximum atomic E-state index is 5.32. The van der Waals surface area contributed by atoms with Gasteiger partial charge in [0.2, 0.25) is 0 Å². The Labute approximate surface area is 123 Å². The molecule has 0 unspecified atom stereocenters. The van der Waals surface area contributed by atoms with E-state index in [1.54, 1.807) is 45.9 Å². The summed E-state index contributed by atoms with van der Waals surface area (Å²) in [7, 11) is 4.75. The predicted molar refractivity (Wildman–Crippen MR) is 81.6 cm³/mol. The summed E-state index contributed by atoms with van der Waals surface area (Å²) in [6.07, 6.45) is 3.32. The van der Waals surface area contributed by atoms with E-state index in [0.717, 1.165) is 5.56 Å². The van der Waals surface area contributed by atoms with E-state index in [0.29, 0.717) is 23.1 Å². The highest BCUT2D eigenvalue weighted by atomic mass is 16.5. The van der Waals surface area contributed by atoms with Gasteiger partial charge in [-0.1, -0.05) is 6.07 Å². The first-order valence-corrected chi connectivity index (χ1v) is 6.28. The van der Waals surface area contributed by atoms with Crippen molar-refractivity contribution in [2.45, 2.75) is 0 Å². The highest BCUT2D eigenvalue weighted by molar-refractivity contribution is 5.85. The van der Waals surface area contributed by atoms with Crippen LogP contribution in [0.5, 0.6) is 17.2 Å². The van der Waals surface area contributed by atoms with Crippen LogP contribution < -0.4 is 19.6 Å². The number of ether oxygens (including phenoxy) is 3. The Morgan fingerprint density at radius 1 is 1.00 bits per heavy atom. The van der Waals surface area contributed by atoms with E-state index in [1.165, 1.54) is 0 Å². The zero-order chi connectivity index (χ0) is 15.1.